The predicted molar refractivity (Wildman–Crippen MR) is 62.8 cm³/mol. The highest BCUT2D eigenvalue weighted by molar-refractivity contribution is 6.56. The Morgan fingerprint density at radius 3 is 2.31 bits per heavy atom. The van der Waals surface area contributed by atoms with E-state index >= 15 is 0 Å². The molecule has 0 amide bonds. The maximum atomic E-state index is 8.83. The smallest absolute Gasteiger partial charge is 0.466 e. The molecule has 4 nitrogen and oxygen atoms in total. The van der Waals surface area contributed by atoms with Crippen molar-refractivity contribution in [3.63, 3.8) is 0 Å². The van der Waals surface area contributed by atoms with Crippen molar-refractivity contribution in [1.29, 1.82) is 0 Å². The first kappa shape index (κ1) is 12.9. The molecule has 0 fully saturated rings. The minimum absolute atomic E-state index is 0.0674. The maximum Gasteiger partial charge on any atom is 0.492 e. The van der Waals surface area contributed by atoms with Crippen molar-refractivity contribution >= 4 is 8.80 Å². The minimum atomic E-state index is -3.87. The van der Waals surface area contributed by atoms with Crippen LogP contribution in [0.25, 0.3) is 0 Å². The summed E-state index contributed by atoms with van der Waals surface area (Å²) >= 11 is 0. The summed E-state index contributed by atoms with van der Waals surface area (Å²) in [5, 5.41) is 0. The Hall–Kier alpha value is -1.14. The number of aryl methyl sites for hydroxylation is 1. The molecule has 0 aromatic heterocycles. The van der Waals surface area contributed by atoms with Gasteiger partial charge in [0.2, 0.25) is 0 Å². The highest BCUT2D eigenvalue weighted by atomic mass is 28.4. The van der Waals surface area contributed by atoms with Crippen molar-refractivity contribution in [1.82, 2.24) is 0 Å². The molecule has 0 heterocycles. The van der Waals surface area contributed by atoms with Crippen molar-refractivity contribution < 1.29 is 19.1 Å². The maximum absolute atomic E-state index is 8.83. The molecule has 3 N–H and O–H groups in total. The van der Waals surface area contributed by atoms with Crippen LogP contribution in [0.4, 0.5) is 0 Å². The third kappa shape index (κ3) is 5.08. The quantitative estimate of drug-likeness (QED) is 0.513. The average Bonchev–Trinajstić information content (AvgIpc) is 2.19. The topological polar surface area (TPSA) is 69.9 Å². The molecule has 1 aromatic rings. The highest BCUT2D eigenvalue weighted by Gasteiger charge is 2.25. The normalized spacial score (nSPS) is 11.2. The molecule has 1 aromatic carbocycles. The number of rotatable bonds is 6. The van der Waals surface area contributed by atoms with Crippen LogP contribution in [-0.2, 0) is 6.42 Å². The van der Waals surface area contributed by atoms with Gasteiger partial charge < -0.3 is 19.1 Å². The van der Waals surface area contributed by atoms with E-state index in [4.69, 9.17) is 19.1 Å². The summed E-state index contributed by atoms with van der Waals surface area (Å²) < 4.78 is 5.07. The van der Waals surface area contributed by atoms with Crippen LogP contribution in [0.2, 0.25) is 6.04 Å². The molecule has 0 spiro atoms. The summed E-state index contributed by atoms with van der Waals surface area (Å²) in [7, 11) is -3.87. The molecule has 0 bridgehead atoms. The van der Waals surface area contributed by atoms with Crippen LogP contribution >= 0.6 is 0 Å². The first-order chi connectivity index (χ1) is 7.51. The van der Waals surface area contributed by atoms with Crippen LogP contribution in [0, 0.1) is 0 Å². The Kier molecular flexibility index (Phi) is 4.69. The van der Waals surface area contributed by atoms with Gasteiger partial charge in [0.05, 0.1) is 6.26 Å². The van der Waals surface area contributed by atoms with E-state index in [2.05, 4.69) is 6.58 Å². The molecule has 0 aliphatic carbocycles. The van der Waals surface area contributed by atoms with Crippen molar-refractivity contribution in [3.8, 4) is 5.75 Å². The van der Waals surface area contributed by atoms with Crippen molar-refractivity contribution in [2.45, 2.75) is 18.9 Å². The lowest BCUT2D eigenvalue weighted by atomic mass is 10.1. The molecule has 0 saturated heterocycles. The lowest BCUT2D eigenvalue weighted by Gasteiger charge is -2.08. The van der Waals surface area contributed by atoms with Gasteiger partial charge in [-0.05, 0) is 30.5 Å². The molecule has 5 heteroatoms. The first-order valence-electron chi connectivity index (χ1n) is 5.05. The SMILES string of the molecule is C=COc1ccc(CCC[Si](O)(O)O)cc1. The van der Waals surface area contributed by atoms with E-state index in [9.17, 15) is 0 Å². The van der Waals surface area contributed by atoms with Crippen LogP contribution in [0.1, 0.15) is 12.0 Å². The zero-order valence-electron chi connectivity index (χ0n) is 8.97. The fraction of sp³-hybridized carbons (Fsp3) is 0.273. The molecule has 0 atom stereocenters. The summed E-state index contributed by atoms with van der Waals surface area (Å²) in [5.74, 6) is 0.717. The molecule has 0 saturated carbocycles. The van der Waals surface area contributed by atoms with Crippen molar-refractivity contribution in [2.24, 2.45) is 0 Å². The number of benzene rings is 1. The Bertz CT molecular complexity index is 329. The van der Waals surface area contributed by atoms with Gasteiger partial charge in [0.25, 0.3) is 0 Å². The third-order valence-corrected chi connectivity index (χ3v) is 3.14. The molecular weight excluding hydrogens is 224 g/mol. The van der Waals surface area contributed by atoms with Gasteiger partial charge in [0.1, 0.15) is 5.75 Å². The molecule has 1 rings (SSSR count). The van der Waals surface area contributed by atoms with E-state index in [1.54, 1.807) is 0 Å². The number of ether oxygens (including phenoxy) is 1. The Morgan fingerprint density at radius 2 is 1.81 bits per heavy atom. The van der Waals surface area contributed by atoms with Crippen molar-refractivity contribution in [3.05, 3.63) is 42.7 Å². The highest BCUT2D eigenvalue weighted by Crippen LogP contribution is 2.15. The molecule has 0 radical (unpaired) electrons. The zero-order chi connectivity index (χ0) is 12.0. The Labute approximate surface area is 95.8 Å². The lowest BCUT2D eigenvalue weighted by molar-refractivity contribution is 0.226. The van der Waals surface area contributed by atoms with Crippen LogP contribution in [0.3, 0.4) is 0 Å². The summed E-state index contributed by atoms with van der Waals surface area (Å²) in [6.45, 7) is 3.45. The minimum Gasteiger partial charge on any atom is -0.466 e. The second kappa shape index (κ2) is 5.81. The molecule has 0 aliphatic rings. The van der Waals surface area contributed by atoms with Gasteiger partial charge in [-0.15, -0.1) is 0 Å². The first-order valence-corrected chi connectivity index (χ1v) is 7.10. The van der Waals surface area contributed by atoms with Crippen LogP contribution in [-0.4, -0.2) is 23.2 Å². The van der Waals surface area contributed by atoms with Crippen LogP contribution in [0.5, 0.6) is 5.75 Å². The summed E-state index contributed by atoms with van der Waals surface area (Å²) in [5.41, 5.74) is 1.06. The van der Waals surface area contributed by atoms with Gasteiger partial charge in [-0.2, -0.15) is 0 Å². The molecule has 16 heavy (non-hydrogen) atoms. The van der Waals surface area contributed by atoms with Gasteiger partial charge in [-0.1, -0.05) is 18.7 Å². The monoisotopic (exact) mass is 240 g/mol. The second-order valence-corrected chi connectivity index (χ2v) is 5.61. The van der Waals surface area contributed by atoms with Gasteiger partial charge in [0.15, 0.2) is 0 Å². The number of hydrogen-bond acceptors (Lipinski definition) is 4. The third-order valence-electron chi connectivity index (χ3n) is 2.12. The van der Waals surface area contributed by atoms with E-state index in [1.807, 2.05) is 24.3 Å². The van der Waals surface area contributed by atoms with Crippen LogP contribution < -0.4 is 4.74 Å². The largest absolute Gasteiger partial charge is 0.492 e. The summed E-state index contributed by atoms with van der Waals surface area (Å²) in [6, 6.07) is 7.50. The fourth-order valence-electron chi connectivity index (χ4n) is 1.36. The van der Waals surface area contributed by atoms with E-state index in [-0.39, 0.29) is 6.04 Å². The van der Waals surface area contributed by atoms with E-state index in [0.717, 1.165) is 5.56 Å². The van der Waals surface area contributed by atoms with Crippen LogP contribution in [0.15, 0.2) is 37.1 Å². The van der Waals surface area contributed by atoms with Gasteiger partial charge >= 0.3 is 8.80 Å². The second-order valence-electron chi connectivity index (χ2n) is 3.56. The Balaban J connectivity index is 2.40. The standard InChI is InChI=1S/C11H16O4Si/c1-2-15-11-7-5-10(6-8-11)4-3-9-16(12,13)14/h2,5-8,12-14H,1,3-4,9H2. The number of hydrogen-bond donors (Lipinski definition) is 3. The lowest BCUT2D eigenvalue weighted by Crippen LogP contribution is -2.34. The zero-order valence-corrected chi connectivity index (χ0v) is 9.97. The summed E-state index contributed by atoms with van der Waals surface area (Å²) in [4.78, 5) is 26.5. The van der Waals surface area contributed by atoms with E-state index in [1.165, 1.54) is 6.26 Å². The molecular formula is C11H16O4Si. The van der Waals surface area contributed by atoms with Gasteiger partial charge in [0, 0.05) is 6.04 Å². The Morgan fingerprint density at radius 1 is 1.19 bits per heavy atom. The van der Waals surface area contributed by atoms with Crippen molar-refractivity contribution in [2.75, 3.05) is 0 Å². The van der Waals surface area contributed by atoms with Gasteiger partial charge in [-0.25, -0.2) is 0 Å². The fourth-order valence-corrected chi connectivity index (χ4v) is 2.01. The van der Waals surface area contributed by atoms with E-state index < -0.39 is 8.80 Å². The van der Waals surface area contributed by atoms with E-state index in [0.29, 0.717) is 18.6 Å². The molecule has 0 aliphatic heterocycles. The molecule has 0 unspecified atom stereocenters. The molecule has 88 valence electrons. The average molecular weight is 240 g/mol. The predicted octanol–water partition coefficient (Wildman–Crippen LogP) is 1.06. The summed E-state index contributed by atoms with van der Waals surface area (Å²) in [6.07, 6.45) is 2.61. The van der Waals surface area contributed by atoms with Gasteiger partial charge in [-0.3, -0.25) is 0 Å².